The third-order valence-corrected chi connectivity index (χ3v) is 7.51. The van der Waals surface area contributed by atoms with Crippen LogP contribution in [-0.2, 0) is 22.2 Å². The molecule has 0 bridgehead atoms. The van der Waals surface area contributed by atoms with Crippen LogP contribution in [0.4, 0.5) is 30.7 Å². The molecule has 0 spiro atoms. The van der Waals surface area contributed by atoms with Crippen LogP contribution in [0.15, 0.2) is 47.4 Å². The van der Waals surface area contributed by atoms with E-state index < -0.39 is 54.6 Å². The van der Waals surface area contributed by atoms with Gasteiger partial charge in [-0.1, -0.05) is 6.07 Å². The minimum atomic E-state index is -4.98. The lowest BCUT2D eigenvalue weighted by Gasteiger charge is -2.25. The number of hydrogen-bond acceptors (Lipinski definition) is 3. The predicted octanol–water partition coefficient (Wildman–Crippen LogP) is 6.47. The van der Waals surface area contributed by atoms with E-state index in [1.165, 1.54) is 13.8 Å². The number of hydrogen-bond donors (Lipinski definition) is 0. The molecule has 0 aromatic heterocycles. The quantitative estimate of drug-likeness (QED) is 0.334. The monoisotopic (exact) mass is 484 g/mol. The van der Waals surface area contributed by atoms with Crippen LogP contribution in [-0.4, -0.2) is 18.9 Å². The number of ketones is 1. The first-order chi connectivity index (χ1) is 14.5. The van der Waals surface area contributed by atoms with E-state index in [4.69, 9.17) is 0 Å². The molecule has 0 N–H and O–H groups in total. The van der Waals surface area contributed by atoms with Crippen LogP contribution in [0.3, 0.4) is 0 Å². The van der Waals surface area contributed by atoms with Crippen LogP contribution in [0.1, 0.15) is 54.6 Å². The van der Waals surface area contributed by atoms with E-state index in [2.05, 4.69) is 0 Å². The topological polar surface area (TPSA) is 51.2 Å². The molecule has 0 radical (unpaired) electrons. The zero-order valence-electron chi connectivity index (χ0n) is 16.9. The Kier molecular flexibility index (Phi) is 7.13. The Balaban J connectivity index is 2.14. The molecule has 11 heteroatoms. The predicted molar refractivity (Wildman–Crippen MR) is 102 cm³/mol. The second-order valence-electron chi connectivity index (χ2n) is 7.76. The van der Waals surface area contributed by atoms with Crippen molar-refractivity contribution >= 4 is 15.6 Å². The number of carbonyl (C=O) groups excluding carboxylic acids is 1. The van der Waals surface area contributed by atoms with Gasteiger partial charge in [-0.2, -0.15) is 26.3 Å². The van der Waals surface area contributed by atoms with Gasteiger partial charge < -0.3 is 0 Å². The first-order valence-corrected chi connectivity index (χ1v) is 10.8. The molecule has 176 valence electrons. The van der Waals surface area contributed by atoms with Crippen LogP contribution in [0.5, 0.6) is 0 Å². The van der Waals surface area contributed by atoms with Crippen LogP contribution >= 0.6 is 0 Å². The normalized spacial score (nSPS) is 13.3. The van der Waals surface area contributed by atoms with Crippen molar-refractivity contribution in [2.75, 3.05) is 0 Å². The maximum absolute atomic E-state index is 13.4. The molecule has 0 unspecified atom stereocenters. The van der Waals surface area contributed by atoms with Gasteiger partial charge in [0.15, 0.2) is 15.6 Å². The standard InChI is InChI=1S/C21H19F7O3S/c1-19(2,32(30,31)15-6-3-5-14(12-15)20(23,24)25)10-4-7-18(29)13-8-9-17(22)16(11-13)21(26,27)28/h3,5-6,8-9,11-12H,4,7,10H2,1-2H3. The highest BCUT2D eigenvalue weighted by Crippen LogP contribution is 2.35. The largest absolute Gasteiger partial charge is 0.419 e. The third-order valence-electron chi connectivity index (χ3n) is 4.98. The Morgan fingerprint density at radius 3 is 2.09 bits per heavy atom. The molecule has 2 aromatic carbocycles. The van der Waals surface area contributed by atoms with Gasteiger partial charge in [0, 0.05) is 12.0 Å². The molecule has 0 fully saturated rings. The van der Waals surface area contributed by atoms with Gasteiger partial charge in [0.2, 0.25) is 0 Å². The van der Waals surface area contributed by atoms with E-state index >= 15 is 0 Å². The Bertz CT molecular complexity index is 1100. The highest BCUT2D eigenvalue weighted by atomic mass is 32.2. The molecule has 32 heavy (non-hydrogen) atoms. The zero-order chi connectivity index (χ0) is 24.5. The summed E-state index contributed by atoms with van der Waals surface area (Å²) in [5.74, 6) is -2.27. The van der Waals surface area contributed by atoms with Crippen molar-refractivity contribution in [1.82, 2.24) is 0 Å². The number of rotatable bonds is 7. The highest BCUT2D eigenvalue weighted by Gasteiger charge is 2.38. The molecule has 0 aliphatic heterocycles. The van der Waals surface area contributed by atoms with Crippen LogP contribution in [0, 0.1) is 5.82 Å². The van der Waals surface area contributed by atoms with Crippen molar-refractivity contribution in [3.63, 3.8) is 0 Å². The highest BCUT2D eigenvalue weighted by molar-refractivity contribution is 7.92. The fraction of sp³-hybridized carbons (Fsp3) is 0.381. The summed E-state index contributed by atoms with van der Waals surface area (Å²) in [7, 11) is -4.23. The summed E-state index contributed by atoms with van der Waals surface area (Å²) >= 11 is 0. The fourth-order valence-corrected chi connectivity index (χ4v) is 4.62. The van der Waals surface area contributed by atoms with Gasteiger partial charge in [-0.25, -0.2) is 12.8 Å². The summed E-state index contributed by atoms with van der Waals surface area (Å²) in [6, 6.07) is 5.09. The summed E-state index contributed by atoms with van der Waals surface area (Å²) in [5.41, 5.74) is -3.09. The Hall–Kier alpha value is -2.43. The molecule has 0 atom stereocenters. The van der Waals surface area contributed by atoms with Crippen molar-refractivity contribution in [3.05, 3.63) is 65.0 Å². The SMILES string of the molecule is CC(C)(CCCC(=O)c1ccc(F)c(C(F)(F)F)c1)S(=O)(=O)c1cccc(C(F)(F)F)c1. The maximum atomic E-state index is 13.4. The Morgan fingerprint density at radius 1 is 0.906 bits per heavy atom. The van der Waals surface area contributed by atoms with E-state index in [0.717, 1.165) is 24.3 Å². The van der Waals surface area contributed by atoms with Gasteiger partial charge in [-0.3, -0.25) is 4.79 Å². The third kappa shape index (κ3) is 5.67. The minimum Gasteiger partial charge on any atom is -0.294 e. The van der Waals surface area contributed by atoms with Crippen molar-refractivity contribution in [2.24, 2.45) is 0 Å². The molecule has 0 saturated heterocycles. The van der Waals surface area contributed by atoms with Crippen molar-refractivity contribution < 1.29 is 43.9 Å². The molecular formula is C21H19F7O3S. The number of Topliss-reactive ketones (excluding diaryl/α,β-unsaturated/α-hetero) is 1. The summed E-state index contributed by atoms with van der Waals surface area (Å²) in [5, 5.41) is 0. The molecule has 0 aliphatic rings. The molecule has 0 amide bonds. The van der Waals surface area contributed by atoms with E-state index in [-0.39, 0.29) is 24.8 Å². The molecule has 0 saturated carbocycles. The number of sulfone groups is 1. The summed E-state index contributed by atoms with van der Waals surface area (Å²) in [4.78, 5) is 11.7. The van der Waals surface area contributed by atoms with E-state index in [9.17, 15) is 43.9 Å². The number of halogens is 7. The number of benzene rings is 2. The van der Waals surface area contributed by atoms with Crippen LogP contribution in [0.25, 0.3) is 0 Å². The number of alkyl halides is 6. The fourth-order valence-electron chi connectivity index (χ4n) is 3.03. The van der Waals surface area contributed by atoms with Crippen LogP contribution < -0.4 is 0 Å². The van der Waals surface area contributed by atoms with Crippen molar-refractivity contribution in [3.8, 4) is 0 Å². The summed E-state index contributed by atoms with van der Waals surface area (Å²) < 4.78 is 115. The lowest BCUT2D eigenvalue weighted by atomic mass is 9.99. The second kappa shape index (κ2) is 8.84. The molecule has 0 heterocycles. The van der Waals surface area contributed by atoms with Gasteiger partial charge in [-0.05, 0) is 63.1 Å². The maximum Gasteiger partial charge on any atom is 0.419 e. The molecular weight excluding hydrogens is 465 g/mol. The van der Waals surface area contributed by atoms with E-state index in [0.29, 0.717) is 18.2 Å². The van der Waals surface area contributed by atoms with Crippen molar-refractivity contribution in [1.29, 1.82) is 0 Å². The average molecular weight is 484 g/mol. The first-order valence-electron chi connectivity index (χ1n) is 9.29. The Morgan fingerprint density at radius 2 is 1.53 bits per heavy atom. The van der Waals surface area contributed by atoms with E-state index in [1.807, 2.05) is 0 Å². The van der Waals surface area contributed by atoms with E-state index in [1.54, 1.807) is 0 Å². The zero-order valence-corrected chi connectivity index (χ0v) is 17.8. The van der Waals surface area contributed by atoms with Gasteiger partial charge in [0.05, 0.1) is 20.8 Å². The average Bonchev–Trinajstić information content (AvgIpc) is 2.66. The number of carbonyl (C=O) groups is 1. The summed E-state index contributed by atoms with van der Waals surface area (Å²) in [6.07, 6.45) is -10.3. The van der Waals surface area contributed by atoms with Gasteiger partial charge in [0.25, 0.3) is 0 Å². The lowest BCUT2D eigenvalue weighted by Crippen LogP contribution is -2.32. The smallest absolute Gasteiger partial charge is 0.294 e. The Labute approximate surface area is 180 Å². The molecule has 2 aromatic rings. The first kappa shape index (κ1) is 25.8. The second-order valence-corrected chi connectivity index (χ2v) is 10.3. The van der Waals surface area contributed by atoms with Gasteiger partial charge >= 0.3 is 12.4 Å². The van der Waals surface area contributed by atoms with Gasteiger partial charge in [0.1, 0.15) is 5.82 Å². The van der Waals surface area contributed by atoms with Crippen LogP contribution in [0.2, 0.25) is 0 Å². The minimum absolute atomic E-state index is 0.0667. The molecule has 3 nitrogen and oxygen atoms in total. The molecule has 2 rings (SSSR count). The lowest BCUT2D eigenvalue weighted by molar-refractivity contribution is -0.140. The van der Waals surface area contributed by atoms with Gasteiger partial charge in [-0.15, -0.1) is 0 Å². The van der Waals surface area contributed by atoms with Crippen molar-refractivity contribution in [2.45, 2.75) is 55.1 Å². The summed E-state index contributed by atoms with van der Waals surface area (Å²) in [6.45, 7) is 2.57. The molecule has 0 aliphatic carbocycles.